The summed E-state index contributed by atoms with van der Waals surface area (Å²) in [7, 11) is 0. The highest BCUT2D eigenvalue weighted by atomic mass is 16.5. The number of carbonyl (C=O) groups is 2. The van der Waals surface area contributed by atoms with Crippen LogP contribution in [0.4, 0.5) is 0 Å². The molecule has 1 N–H and O–H groups in total. The van der Waals surface area contributed by atoms with Crippen molar-refractivity contribution in [2.45, 2.75) is 26.5 Å². The van der Waals surface area contributed by atoms with Crippen molar-refractivity contribution in [3.05, 3.63) is 41.6 Å². The van der Waals surface area contributed by atoms with Crippen LogP contribution in [0.2, 0.25) is 0 Å². The van der Waals surface area contributed by atoms with Gasteiger partial charge in [-0.05, 0) is 13.0 Å². The van der Waals surface area contributed by atoms with E-state index in [1.807, 2.05) is 0 Å². The standard InChI is InChI=1S/C16H19N5O4/c1-10-14(19-9-25-10)16(23)21-5-6-24-13(8-21)15-17-4-3-12(20-15)7-18-11(2)22/h3-4,9,13H,5-8H2,1-2H3,(H,18,22)/t13-/m1/s1. The Bertz CT molecular complexity index is 775. The lowest BCUT2D eigenvalue weighted by Gasteiger charge is -2.31. The average Bonchev–Trinajstić information content (AvgIpc) is 3.05. The highest BCUT2D eigenvalue weighted by Gasteiger charge is 2.29. The SMILES string of the molecule is CC(=O)NCc1ccnc([C@H]2CN(C(=O)c3ncoc3C)CCO2)n1. The number of ether oxygens (including phenoxy) is 1. The summed E-state index contributed by atoms with van der Waals surface area (Å²) in [6.45, 7) is 4.64. The van der Waals surface area contributed by atoms with Crippen LogP contribution < -0.4 is 5.32 Å². The van der Waals surface area contributed by atoms with Crippen molar-refractivity contribution in [1.29, 1.82) is 0 Å². The Morgan fingerprint density at radius 2 is 2.24 bits per heavy atom. The third-order valence-electron chi connectivity index (χ3n) is 3.84. The summed E-state index contributed by atoms with van der Waals surface area (Å²) in [5.41, 5.74) is 0.987. The van der Waals surface area contributed by atoms with E-state index in [0.717, 1.165) is 0 Å². The maximum atomic E-state index is 12.6. The van der Waals surface area contributed by atoms with E-state index in [1.54, 1.807) is 24.1 Å². The van der Waals surface area contributed by atoms with Crippen LogP contribution in [-0.4, -0.2) is 51.4 Å². The number of aryl methyl sites for hydroxylation is 1. The van der Waals surface area contributed by atoms with Crippen LogP contribution in [0.3, 0.4) is 0 Å². The molecular formula is C16H19N5O4. The van der Waals surface area contributed by atoms with Crippen molar-refractivity contribution < 1.29 is 18.7 Å². The molecule has 0 unspecified atom stereocenters. The van der Waals surface area contributed by atoms with Gasteiger partial charge in [0.25, 0.3) is 5.91 Å². The first kappa shape index (κ1) is 17.0. The topological polar surface area (TPSA) is 110 Å². The number of oxazole rings is 1. The fourth-order valence-corrected chi connectivity index (χ4v) is 2.53. The van der Waals surface area contributed by atoms with E-state index in [2.05, 4.69) is 20.3 Å². The minimum Gasteiger partial charge on any atom is -0.448 e. The number of morpholine rings is 1. The van der Waals surface area contributed by atoms with Gasteiger partial charge in [-0.1, -0.05) is 0 Å². The monoisotopic (exact) mass is 345 g/mol. The van der Waals surface area contributed by atoms with Gasteiger partial charge in [0.1, 0.15) is 11.9 Å². The molecule has 0 radical (unpaired) electrons. The largest absolute Gasteiger partial charge is 0.448 e. The van der Waals surface area contributed by atoms with Crippen molar-refractivity contribution in [2.75, 3.05) is 19.7 Å². The summed E-state index contributed by atoms with van der Waals surface area (Å²) < 4.78 is 10.8. The number of carbonyl (C=O) groups excluding carboxylic acids is 2. The summed E-state index contributed by atoms with van der Waals surface area (Å²) in [6.07, 6.45) is 2.45. The highest BCUT2D eigenvalue weighted by Crippen LogP contribution is 2.21. The summed E-state index contributed by atoms with van der Waals surface area (Å²) in [6, 6.07) is 1.73. The number of amides is 2. The zero-order valence-corrected chi connectivity index (χ0v) is 14.1. The van der Waals surface area contributed by atoms with Gasteiger partial charge < -0.3 is 19.4 Å². The molecule has 1 aliphatic heterocycles. The van der Waals surface area contributed by atoms with E-state index < -0.39 is 6.10 Å². The number of nitrogens with zero attached hydrogens (tertiary/aromatic N) is 4. The molecule has 0 aliphatic carbocycles. The van der Waals surface area contributed by atoms with Crippen molar-refractivity contribution in [2.24, 2.45) is 0 Å². The third kappa shape index (κ3) is 4.00. The lowest BCUT2D eigenvalue weighted by atomic mass is 10.2. The molecule has 0 aromatic carbocycles. The first-order valence-electron chi connectivity index (χ1n) is 7.92. The molecule has 2 amide bonds. The molecule has 1 atom stereocenters. The molecule has 2 aromatic rings. The minimum absolute atomic E-state index is 0.131. The Morgan fingerprint density at radius 3 is 2.96 bits per heavy atom. The first-order valence-corrected chi connectivity index (χ1v) is 7.92. The lowest BCUT2D eigenvalue weighted by Crippen LogP contribution is -2.43. The predicted molar refractivity (Wildman–Crippen MR) is 85.4 cm³/mol. The highest BCUT2D eigenvalue weighted by molar-refractivity contribution is 5.93. The Hall–Kier alpha value is -2.81. The van der Waals surface area contributed by atoms with Crippen LogP contribution in [0.5, 0.6) is 0 Å². The molecule has 0 bridgehead atoms. The lowest BCUT2D eigenvalue weighted by molar-refractivity contribution is -0.119. The van der Waals surface area contributed by atoms with Crippen molar-refractivity contribution >= 4 is 11.8 Å². The predicted octanol–water partition coefficient (Wildman–Crippen LogP) is 0.623. The van der Waals surface area contributed by atoms with E-state index in [1.165, 1.54) is 13.3 Å². The summed E-state index contributed by atoms with van der Waals surface area (Å²) in [5, 5.41) is 2.69. The molecule has 1 aliphatic rings. The molecule has 1 fully saturated rings. The smallest absolute Gasteiger partial charge is 0.276 e. The van der Waals surface area contributed by atoms with Crippen LogP contribution >= 0.6 is 0 Å². The fraction of sp³-hybridized carbons (Fsp3) is 0.438. The van der Waals surface area contributed by atoms with Crippen LogP contribution in [-0.2, 0) is 16.1 Å². The summed E-state index contributed by atoms with van der Waals surface area (Å²) >= 11 is 0. The van der Waals surface area contributed by atoms with Crippen LogP contribution in [0.15, 0.2) is 23.1 Å². The molecule has 9 heteroatoms. The maximum absolute atomic E-state index is 12.6. The average molecular weight is 345 g/mol. The van der Waals surface area contributed by atoms with E-state index >= 15 is 0 Å². The third-order valence-corrected chi connectivity index (χ3v) is 3.84. The number of rotatable bonds is 4. The Balaban J connectivity index is 1.71. The molecule has 1 saturated heterocycles. The maximum Gasteiger partial charge on any atom is 0.276 e. The normalized spacial score (nSPS) is 17.4. The fourth-order valence-electron chi connectivity index (χ4n) is 2.53. The molecular weight excluding hydrogens is 326 g/mol. The van der Waals surface area contributed by atoms with E-state index in [0.29, 0.717) is 49.2 Å². The first-order chi connectivity index (χ1) is 12.0. The van der Waals surface area contributed by atoms with Gasteiger partial charge in [0, 0.05) is 19.7 Å². The number of nitrogens with one attached hydrogen (secondary N) is 1. The molecule has 0 saturated carbocycles. The van der Waals surface area contributed by atoms with Gasteiger partial charge >= 0.3 is 0 Å². The van der Waals surface area contributed by atoms with Gasteiger partial charge in [0.15, 0.2) is 17.9 Å². The van der Waals surface area contributed by atoms with E-state index in [-0.39, 0.29) is 11.8 Å². The summed E-state index contributed by atoms with van der Waals surface area (Å²) in [5.74, 6) is 0.640. The number of hydrogen-bond acceptors (Lipinski definition) is 7. The molecule has 25 heavy (non-hydrogen) atoms. The Labute approximate surface area is 144 Å². The molecule has 132 valence electrons. The second kappa shape index (κ2) is 7.39. The van der Waals surface area contributed by atoms with Gasteiger partial charge in [0.2, 0.25) is 5.91 Å². The van der Waals surface area contributed by atoms with Crippen molar-refractivity contribution in [1.82, 2.24) is 25.2 Å². The molecule has 0 spiro atoms. The molecule has 9 nitrogen and oxygen atoms in total. The molecule has 3 heterocycles. The quantitative estimate of drug-likeness (QED) is 0.865. The zero-order chi connectivity index (χ0) is 17.8. The van der Waals surface area contributed by atoms with Gasteiger partial charge in [-0.2, -0.15) is 0 Å². The van der Waals surface area contributed by atoms with E-state index in [9.17, 15) is 9.59 Å². The zero-order valence-electron chi connectivity index (χ0n) is 14.1. The van der Waals surface area contributed by atoms with Crippen LogP contribution in [0, 0.1) is 6.92 Å². The number of aromatic nitrogens is 3. The van der Waals surface area contributed by atoms with Crippen LogP contribution in [0.1, 0.15) is 40.8 Å². The van der Waals surface area contributed by atoms with E-state index in [4.69, 9.17) is 9.15 Å². The van der Waals surface area contributed by atoms with Crippen molar-refractivity contribution in [3.63, 3.8) is 0 Å². The molecule has 3 rings (SSSR count). The Kier molecular flexibility index (Phi) is 5.03. The summed E-state index contributed by atoms with van der Waals surface area (Å²) in [4.78, 5) is 37.9. The van der Waals surface area contributed by atoms with Gasteiger partial charge in [0.05, 0.1) is 25.4 Å². The van der Waals surface area contributed by atoms with Gasteiger partial charge in [-0.3, -0.25) is 9.59 Å². The minimum atomic E-state index is -0.429. The second-order valence-electron chi connectivity index (χ2n) is 5.68. The Morgan fingerprint density at radius 1 is 1.40 bits per heavy atom. The van der Waals surface area contributed by atoms with Crippen LogP contribution in [0.25, 0.3) is 0 Å². The van der Waals surface area contributed by atoms with Gasteiger partial charge in [-0.25, -0.2) is 15.0 Å². The second-order valence-corrected chi connectivity index (χ2v) is 5.68. The van der Waals surface area contributed by atoms with Gasteiger partial charge in [-0.15, -0.1) is 0 Å². The molecule has 2 aromatic heterocycles. The van der Waals surface area contributed by atoms with Crippen molar-refractivity contribution in [3.8, 4) is 0 Å². The number of hydrogen-bond donors (Lipinski definition) is 1.